The normalized spacial score (nSPS) is 18.4. The molecule has 0 spiro atoms. The van der Waals surface area contributed by atoms with E-state index >= 15 is 0 Å². The van der Waals surface area contributed by atoms with E-state index in [4.69, 9.17) is 14.6 Å². The van der Waals surface area contributed by atoms with Crippen LogP contribution in [0.25, 0.3) is 0 Å². The molecule has 1 amide bonds. The molecule has 0 aliphatic heterocycles. The number of amides is 1. The van der Waals surface area contributed by atoms with E-state index < -0.39 is 12.1 Å². The lowest BCUT2D eigenvalue weighted by molar-refractivity contribution is -0.149. The number of rotatable bonds is 9. The van der Waals surface area contributed by atoms with Gasteiger partial charge in [-0.05, 0) is 26.2 Å². The van der Waals surface area contributed by atoms with Crippen LogP contribution in [-0.2, 0) is 19.1 Å². The van der Waals surface area contributed by atoms with Gasteiger partial charge in [-0.15, -0.1) is 0 Å². The van der Waals surface area contributed by atoms with Gasteiger partial charge in [0.2, 0.25) is 5.91 Å². The minimum absolute atomic E-state index is 0.00104. The van der Waals surface area contributed by atoms with Gasteiger partial charge in [0.05, 0.1) is 12.0 Å². The minimum Gasteiger partial charge on any atom is -0.479 e. The van der Waals surface area contributed by atoms with Crippen LogP contribution < -0.4 is 5.32 Å². The Kier molecular flexibility index (Phi) is 6.24. The number of hydrogen-bond donors (Lipinski definition) is 2. The number of carbonyl (C=O) groups is 2. The van der Waals surface area contributed by atoms with Crippen LogP contribution in [0.4, 0.5) is 0 Å². The molecule has 1 unspecified atom stereocenters. The summed E-state index contributed by atoms with van der Waals surface area (Å²) in [4.78, 5) is 23.0. The minimum atomic E-state index is -1.07. The standard InChI is InChI=1S/C13H23NO5/c1-3-19-8-7-13(5-4-6-13)12(17)14-9-10(18-2)11(15)16/h10H,3-9H2,1-2H3,(H,14,17)(H,15,16). The fourth-order valence-corrected chi connectivity index (χ4v) is 2.25. The van der Waals surface area contributed by atoms with Crippen molar-refractivity contribution in [1.82, 2.24) is 5.32 Å². The number of carboxylic acid groups (broad SMARTS) is 1. The maximum Gasteiger partial charge on any atom is 0.334 e. The van der Waals surface area contributed by atoms with E-state index in [0.29, 0.717) is 19.6 Å². The Morgan fingerprint density at radius 3 is 2.53 bits per heavy atom. The van der Waals surface area contributed by atoms with Crippen molar-refractivity contribution in [1.29, 1.82) is 0 Å². The van der Waals surface area contributed by atoms with E-state index in [2.05, 4.69) is 5.32 Å². The van der Waals surface area contributed by atoms with Crippen LogP contribution >= 0.6 is 0 Å². The van der Waals surface area contributed by atoms with Gasteiger partial charge in [0.1, 0.15) is 0 Å². The molecule has 0 radical (unpaired) electrons. The third kappa shape index (κ3) is 4.18. The zero-order chi connectivity index (χ0) is 14.3. The summed E-state index contributed by atoms with van der Waals surface area (Å²) in [5.74, 6) is -1.15. The highest BCUT2D eigenvalue weighted by atomic mass is 16.5. The van der Waals surface area contributed by atoms with Gasteiger partial charge in [-0.3, -0.25) is 4.79 Å². The molecule has 2 N–H and O–H groups in total. The number of carboxylic acids is 1. The lowest BCUT2D eigenvalue weighted by atomic mass is 9.66. The summed E-state index contributed by atoms with van der Waals surface area (Å²) in [6.45, 7) is 3.13. The van der Waals surface area contributed by atoms with Crippen LogP contribution in [0.2, 0.25) is 0 Å². The molecular formula is C13H23NO5. The Labute approximate surface area is 113 Å². The first-order chi connectivity index (χ1) is 9.05. The zero-order valence-electron chi connectivity index (χ0n) is 11.6. The zero-order valence-corrected chi connectivity index (χ0v) is 11.6. The Hall–Kier alpha value is -1.14. The van der Waals surface area contributed by atoms with Gasteiger partial charge in [0.25, 0.3) is 0 Å². The molecule has 0 aromatic carbocycles. The van der Waals surface area contributed by atoms with Crippen molar-refractivity contribution in [2.45, 2.75) is 38.7 Å². The quantitative estimate of drug-likeness (QED) is 0.607. The van der Waals surface area contributed by atoms with Crippen molar-refractivity contribution < 1.29 is 24.2 Å². The Morgan fingerprint density at radius 2 is 2.11 bits per heavy atom. The summed E-state index contributed by atoms with van der Waals surface area (Å²) < 4.78 is 10.1. The molecule has 0 bridgehead atoms. The summed E-state index contributed by atoms with van der Waals surface area (Å²) in [7, 11) is 1.32. The Morgan fingerprint density at radius 1 is 1.42 bits per heavy atom. The Bertz CT molecular complexity index is 314. The van der Waals surface area contributed by atoms with Crippen molar-refractivity contribution in [2.24, 2.45) is 5.41 Å². The maximum absolute atomic E-state index is 12.2. The second-order valence-electron chi connectivity index (χ2n) is 4.85. The third-order valence-electron chi connectivity index (χ3n) is 3.73. The Balaban J connectivity index is 2.43. The lowest BCUT2D eigenvalue weighted by Crippen LogP contribution is -2.49. The third-order valence-corrected chi connectivity index (χ3v) is 3.73. The van der Waals surface area contributed by atoms with Crippen LogP contribution in [-0.4, -0.2) is 50.0 Å². The smallest absolute Gasteiger partial charge is 0.334 e. The van der Waals surface area contributed by atoms with E-state index in [1.165, 1.54) is 7.11 Å². The van der Waals surface area contributed by atoms with Crippen molar-refractivity contribution in [3.05, 3.63) is 0 Å². The van der Waals surface area contributed by atoms with Gasteiger partial charge in [-0.1, -0.05) is 6.42 Å². The first-order valence-corrected chi connectivity index (χ1v) is 6.67. The van der Waals surface area contributed by atoms with Gasteiger partial charge in [-0.2, -0.15) is 0 Å². The summed E-state index contributed by atoms with van der Waals surface area (Å²) in [6.07, 6.45) is 2.42. The summed E-state index contributed by atoms with van der Waals surface area (Å²) in [5, 5.41) is 11.5. The first kappa shape index (κ1) is 15.9. The highest BCUT2D eigenvalue weighted by molar-refractivity contribution is 5.84. The van der Waals surface area contributed by atoms with Crippen LogP contribution in [0.5, 0.6) is 0 Å². The molecule has 1 aliphatic rings. The summed E-state index contributed by atoms with van der Waals surface area (Å²) in [5.41, 5.74) is -0.369. The van der Waals surface area contributed by atoms with E-state index in [1.807, 2.05) is 6.92 Å². The maximum atomic E-state index is 12.2. The second-order valence-corrected chi connectivity index (χ2v) is 4.85. The van der Waals surface area contributed by atoms with Crippen LogP contribution in [0.15, 0.2) is 0 Å². The first-order valence-electron chi connectivity index (χ1n) is 6.67. The highest BCUT2D eigenvalue weighted by Gasteiger charge is 2.43. The van der Waals surface area contributed by atoms with Gasteiger partial charge >= 0.3 is 5.97 Å². The molecule has 110 valence electrons. The average Bonchev–Trinajstić information content (AvgIpc) is 2.32. The molecule has 19 heavy (non-hydrogen) atoms. The van der Waals surface area contributed by atoms with E-state index in [9.17, 15) is 9.59 Å². The van der Waals surface area contributed by atoms with Gasteiger partial charge in [0.15, 0.2) is 6.10 Å². The van der Waals surface area contributed by atoms with Gasteiger partial charge in [0, 0.05) is 20.3 Å². The van der Waals surface area contributed by atoms with Crippen LogP contribution in [0.1, 0.15) is 32.6 Å². The molecule has 1 fully saturated rings. The molecular weight excluding hydrogens is 250 g/mol. The fraction of sp³-hybridized carbons (Fsp3) is 0.846. The number of ether oxygens (including phenoxy) is 2. The summed E-state index contributed by atoms with van der Waals surface area (Å²) >= 11 is 0. The molecule has 0 heterocycles. The SMILES string of the molecule is CCOCCC1(C(=O)NCC(OC)C(=O)O)CCC1. The number of aliphatic carboxylic acids is 1. The number of hydrogen-bond acceptors (Lipinski definition) is 4. The van der Waals surface area contributed by atoms with Crippen molar-refractivity contribution in [3.63, 3.8) is 0 Å². The molecule has 1 saturated carbocycles. The molecule has 0 aromatic heterocycles. The summed E-state index contributed by atoms with van der Waals surface area (Å²) in [6, 6.07) is 0. The molecule has 1 rings (SSSR count). The highest BCUT2D eigenvalue weighted by Crippen LogP contribution is 2.44. The predicted octanol–water partition coefficient (Wildman–Crippen LogP) is 0.799. The average molecular weight is 273 g/mol. The van der Waals surface area contributed by atoms with E-state index in [1.54, 1.807) is 0 Å². The molecule has 6 nitrogen and oxygen atoms in total. The lowest BCUT2D eigenvalue weighted by Gasteiger charge is -2.40. The molecule has 0 aromatic rings. The van der Waals surface area contributed by atoms with Crippen molar-refractivity contribution in [3.8, 4) is 0 Å². The van der Waals surface area contributed by atoms with Crippen LogP contribution in [0.3, 0.4) is 0 Å². The largest absolute Gasteiger partial charge is 0.479 e. The number of nitrogens with one attached hydrogen (secondary N) is 1. The molecule has 1 atom stereocenters. The van der Waals surface area contributed by atoms with Gasteiger partial charge in [-0.25, -0.2) is 4.79 Å². The predicted molar refractivity (Wildman–Crippen MR) is 68.8 cm³/mol. The molecule has 1 aliphatic carbocycles. The van der Waals surface area contributed by atoms with E-state index in [0.717, 1.165) is 19.3 Å². The van der Waals surface area contributed by atoms with Crippen molar-refractivity contribution in [2.75, 3.05) is 26.9 Å². The fourth-order valence-electron chi connectivity index (χ4n) is 2.25. The number of methoxy groups -OCH3 is 1. The second kappa shape index (κ2) is 7.45. The molecule has 0 saturated heterocycles. The van der Waals surface area contributed by atoms with Crippen LogP contribution in [0, 0.1) is 5.41 Å². The van der Waals surface area contributed by atoms with Crippen molar-refractivity contribution >= 4 is 11.9 Å². The van der Waals surface area contributed by atoms with E-state index in [-0.39, 0.29) is 17.9 Å². The monoisotopic (exact) mass is 273 g/mol. The molecule has 6 heteroatoms. The number of carbonyl (C=O) groups excluding carboxylic acids is 1. The topological polar surface area (TPSA) is 84.9 Å². The van der Waals surface area contributed by atoms with Gasteiger partial charge < -0.3 is 19.9 Å².